The van der Waals surface area contributed by atoms with E-state index in [4.69, 9.17) is 4.74 Å². The zero-order valence-electron chi connectivity index (χ0n) is 8.50. The Hall–Kier alpha value is -1.26. The minimum absolute atomic E-state index is 0.00505. The van der Waals surface area contributed by atoms with Crippen LogP contribution in [0, 0.1) is 5.92 Å². The molecule has 0 spiro atoms. The molecule has 1 fully saturated rings. The van der Waals surface area contributed by atoms with E-state index >= 15 is 0 Å². The van der Waals surface area contributed by atoms with Gasteiger partial charge in [0.25, 0.3) is 0 Å². The first-order valence-electron chi connectivity index (χ1n) is 4.65. The first-order valence-corrected chi connectivity index (χ1v) is 4.65. The van der Waals surface area contributed by atoms with E-state index in [0.29, 0.717) is 13.0 Å². The van der Waals surface area contributed by atoms with Gasteiger partial charge < -0.3 is 10.1 Å². The average molecular weight is 195 g/mol. The lowest BCUT2D eigenvalue weighted by Gasteiger charge is -2.15. The number of carbonyl (C=O) groups is 2. The second-order valence-corrected chi connectivity index (χ2v) is 3.42. The van der Waals surface area contributed by atoms with Gasteiger partial charge in [-0.1, -0.05) is 6.08 Å². The lowest BCUT2D eigenvalue weighted by atomic mass is 10.1. The second kappa shape index (κ2) is 3.86. The Morgan fingerprint density at radius 1 is 1.79 bits per heavy atom. The highest BCUT2D eigenvalue weighted by Gasteiger charge is 2.60. The summed E-state index contributed by atoms with van der Waals surface area (Å²) in [5, 5.41) is 2.63. The van der Waals surface area contributed by atoms with Crippen molar-refractivity contribution in [1.29, 1.82) is 0 Å². The Morgan fingerprint density at radius 2 is 2.43 bits per heavy atom. The monoisotopic (exact) mass is 195 g/mol. The van der Waals surface area contributed by atoms with Crippen LogP contribution in [0.15, 0.2) is 12.7 Å². The molecule has 1 amide bonds. The maximum absolute atomic E-state index is 11.5. The molecule has 0 aromatic rings. The summed E-state index contributed by atoms with van der Waals surface area (Å²) in [5.74, 6) is -0.576. The highest BCUT2D eigenvalue weighted by Crippen LogP contribution is 2.45. The van der Waals surface area contributed by atoms with Crippen LogP contribution in [-0.4, -0.2) is 31.8 Å². The summed E-state index contributed by atoms with van der Waals surface area (Å²) < 4.78 is 4.90. The Balaban J connectivity index is 2.70. The smallest absolute Gasteiger partial charge is 0.332 e. The molecule has 1 rings (SSSR count). The van der Waals surface area contributed by atoms with Gasteiger partial charge in [0.15, 0.2) is 5.81 Å². The third-order valence-corrected chi connectivity index (χ3v) is 2.34. The zero-order chi connectivity index (χ0) is 10.8. The van der Waals surface area contributed by atoms with Crippen LogP contribution < -0.4 is 5.32 Å². The molecule has 2 atom stereocenters. The summed E-state index contributed by atoms with van der Waals surface area (Å²) >= 11 is 0. The second-order valence-electron chi connectivity index (χ2n) is 3.42. The molecule has 1 aliphatic carbocycles. The quantitative estimate of drug-likeness (QED) is 0.385. The van der Waals surface area contributed by atoms with Gasteiger partial charge >= 0.3 is 5.97 Å². The van der Waals surface area contributed by atoms with Crippen molar-refractivity contribution in [3.05, 3.63) is 12.7 Å². The van der Waals surface area contributed by atoms with Crippen LogP contribution in [0.5, 0.6) is 0 Å². The van der Waals surface area contributed by atoms with E-state index < -0.39 is 5.54 Å². The summed E-state index contributed by atoms with van der Waals surface area (Å²) in [6, 6.07) is 0. The molecule has 14 heavy (non-hydrogen) atoms. The maximum Gasteiger partial charge on any atom is 0.332 e. The summed E-state index contributed by atoms with van der Waals surface area (Å²) in [6.45, 7) is 5.67. The van der Waals surface area contributed by atoms with Crippen molar-refractivity contribution < 1.29 is 14.3 Å². The van der Waals surface area contributed by atoms with Crippen molar-refractivity contribution in [2.24, 2.45) is 5.92 Å². The lowest BCUT2D eigenvalue weighted by Crippen LogP contribution is -2.45. The number of hydrogen-bond donors (Lipinski definition) is 1. The van der Waals surface area contributed by atoms with Gasteiger partial charge in [0.1, 0.15) is 5.54 Å². The molecule has 0 heterocycles. The Kier molecular flexibility index (Phi) is 2.98. The Morgan fingerprint density at radius 3 is 2.79 bits per heavy atom. The van der Waals surface area contributed by atoms with Crippen molar-refractivity contribution in [3.8, 4) is 0 Å². The van der Waals surface area contributed by atoms with Crippen LogP contribution in [0.1, 0.15) is 13.3 Å². The predicted molar refractivity (Wildman–Crippen MR) is 54.7 cm³/mol. The van der Waals surface area contributed by atoms with E-state index in [1.165, 1.54) is 7.85 Å². The Bertz CT molecular complexity index is 279. The molecular formula is C9H14BNO3. The molecule has 0 aliphatic heterocycles. The standard InChI is InChI=1S/C9H14BNO3/c1-3-6-5-9(6,11-8(10)13)7(12)14-4-2/h3,6H,1,4-5,10H2,2H3,(H,11,13). The summed E-state index contributed by atoms with van der Waals surface area (Å²) in [6.07, 6.45) is 2.27. The van der Waals surface area contributed by atoms with E-state index in [2.05, 4.69) is 11.9 Å². The molecule has 1 aliphatic rings. The van der Waals surface area contributed by atoms with Crippen LogP contribution >= 0.6 is 0 Å². The summed E-state index contributed by atoms with van der Waals surface area (Å²) in [4.78, 5) is 22.5. The molecule has 1 saturated carbocycles. The minimum Gasteiger partial charge on any atom is -0.464 e. The lowest BCUT2D eigenvalue weighted by molar-refractivity contribution is -0.146. The molecular weight excluding hydrogens is 181 g/mol. The van der Waals surface area contributed by atoms with Crippen LogP contribution in [0.25, 0.3) is 0 Å². The number of esters is 1. The summed E-state index contributed by atoms with van der Waals surface area (Å²) in [5.41, 5.74) is -0.830. The fourth-order valence-electron chi connectivity index (χ4n) is 1.58. The van der Waals surface area contributed by atoms with E-state index in [9.17, 15) is 9.59 Å². The topological polar surface area (TPSA) is 55.4 Å². The molecule has 0 radical (unpaired) electrons. The highest BCUT2D eigenvalue weighted by molar-refractivity contribution is 6.57. The van der Waals surface area contributed by atoms with Crippen LogP contribution in [0.4, 0.5) is 4.79 Å². The van der Waals surface area contributed by atoms with Crippen molar-refractivity contribution >= 4 is 19.6 Å². The number of amides is 1. The molecule has 0 saturated heterocycles. The molecule has 2 unspecified atom stereocenters. The first-order chi connectivity index (χ1) is 6.56. The fourth-order valence-corrected chi connectivity index (χ4v) is 1.58. The fraction of sp³-hybridized carbons (Fsp3) is 0.556. The van der Waals surface area contributed by atoms with Gasteiger partial charge in [-0.15, -0.1) is 6.58 Å². The third kappa shape index (κ3) is 1.81. The van der Waals surface area contributed by atoms with E-state index in [-0.39, 0.29) is 17.7 Å². The molecule has 1 N–H and O–H groups in total. The number of rotatable bonds is 4. The molecule has 5 heteroatoms. The van der Waals surface area contributed by atoms with Crippen molar-refractivity contribution in [2.75, 3.05) is 6.61 Å². The van der Waals surface area contributed by atoms with Gasteiger partial charge in [-0.05, 0) is 13.3 Å². The van der Waals surface area contributed by atoms with Crippen molar-refractivity contribution in [3.63, 3.8) is 0 Å². The Labute approximate surface area is 84.1 Å². The summed E-state index contributed by atoms with van der Waals surface area (Å²) in [7, 11) is 1.39. The number of nitrogens with one attached hydrogen (secondary N) is 1. The van der Waals surface area contributed by atoms with E-state index in [0.717, 1.165) is 0 Å². The number of carbonyl (C=O) groups excluding carboxylic acids is 2. The van der Waals surface area contributed by atoms with E-state index in [1.54, 1.807) is 13.0 Å². The zero-order valence-corrected chi connectivity index (χ0v) is 8.50. The van der Waals surface area contributed by atoms with Gasteiger partial charge in [0, 0.05) is 5.92 Å². The molecule has 76 valence electrons. The molecule has 0 aromatic heterocycles. The van der Waals surface area contributed by atoms with E-state index in [1.807, 2.05) is 0 Å². The van der Waals surface area contributed by atoms with Crippen molar-refractivity contribution in [1.82, 2.24) is 5.32 Å². The molecule has 4 nitrogen and oxygen atoms in total. The molecule has 0 aromatic carbocycles. The SMILES string of the molecule is BC(=O)NC1(C(=O)OCC)CC1C=C. The predicted octanol–water partition coefficient (Wildman–Crippen LogP) is -0.163. The van der Waals surface area contributed by atoms with Gasteiger partial charge in [0.05, 0.1) is 6.61 Å². The van der Waals surface area contributed by atoms with Gasteiger partial charge in [-0.2, -0.15) is 0 Å². The molecule has 0 bridgehead atoms. The third-order valence-electron chi connectivity index (χ3n) is 2.34. The maximum atomic E-state index is 11.5. The van der Waals surface area contributed by atoms with Crippen LogP contribution in [0.2, 0.25) is 0 Å². The van der Waals surface area contributed by atoms with Gasteiger partial charge in [-0.25, -0.2) is 4.79 Å². The average Bonchev–Trinajstić information content (AvgIpc) is 2.79. The van der Waals surface area contributed by atoms with Gasteiger partial charge in [-0.3, -0.25) is 4.79 Å². The minimum atomic E-state index is -0.830. The normalized spacial score (nSPS) is 29.1. The largest absolute Gasteiger partial charge is 0.464 e. The van der Waals surface area contributed by atoms with Crippen molar-refractivity contribution in [2.45, 2.75) is 18.9 Å². The number of hydrogen-bond acceptors (Lipinski definition) is 3. The highest BCUT2D eigenvalue weighted by atomic mass is 16.5. The van der Waals surface area contributed by atoms with Gasteiger partial charge in [0.2, 0.25) is 7.85 Å². The first kappa shape index (κ1) is 10.8. The van der Waals surface area contributed by atoms with Crippen LogP contribution in [-0.2, 0) is 9.53 Å². The number of ether oxygens (including phenoxy) is 1. The van der Waals surface area contributed by atoms with Crippen LogP contribution in [0.3, 0.4) is 0 Å².